The molecule has 1 heterocycles. The van der Waals surface area contributed by atoms with Gasteiger partial charge in [0, 0.05) is 17.1 Å². The molecule has 11 heteroatoms. The van der Waals surface area contributed by atoms with Crippen LogP contribution in [0.25, 0.3) is 0 Å². The molecule has 1 aromatic rings. The number of nitrogens with zero attached hydrogens (tertiary/aromatic N) is 1. The number of carbonyl (C=O) groups excluding carboxylic acids is 2. The third-order valence-electron chi connectivity index (χ3n) is 6.09. The highest BCUT2D eigenvalue weighted by atomic mass is 19.4. The number of hydrogen-bond acceptors (Lipinski definition) is 3. The quantitative estimate of drug-likeness (QED) is 0.617. The van der Waals surface area contributed by atoms with Gasteiger partial charge in [-0.2, -0.15) is 26.3 Å². The number of anilines is 1. The average molecular weight is 479 g/mol. The third-order valence-corrected chi connectivity index (χ3v) is 6.09. The van der Waals surface area contributed by atoms with E-state index < -0.39 is 41.0 Å². The molecule has 1 atom stereocenters. The van der Waals surface area contributed by atoms with E-state index in [2.05, 4.69) is 10.6 Å². The van der Waals surface area contributed by atoms with Gasteiger partial charge in [-0.15, -0.1) is 0 Å². The van der Waals surface area contributed by atoms with Crippen molar-refractivity contribution in [2.75, 3.05) is 25.0 Å². The molecule has 2 amide bonds. The van der Waals surface area contributed by atoms with Crippen LogP contribution in [0, 0.1) is 11.3 Å². The lowest BCUT2D eigenvalue weighted by Crippen LogP contribution is -2.47. The highest BCUT2D eigenvalue weighted by Gasteiger charge is 2.58. The molecular weight excluding hydrogens is 452 g/mol. The maximum absolute atomic E-state index is 13.0. The fourth-order valence-corrected chi connectivity index (χ4v) is 4.34. The summed E-state index contributed by atoms with van der Waals surface area (Å²) in [6.07, 6.45) is -8.18. The van der Waals surface area contributed by atoms with Crippen LogP contribution in [0.2, 0.25) is 0 Å². The number of alkyl halides is 6. The number of likely N-dealkylation sites (tertiary alicyclic amines) is 1. The number of halogens is 6. The molecule has 3 rings (SSSR count). The standard InChI is InChI=1S/C22H27F6N3O2/c1-19(2,3)30-17(32)12-31-6-4-20(5-7-31)11-16(20)18(33)29-15-9-13(21(23,24)25)8-14(10-15)22(26,27)28/h8-10,16H,4-7,11-12H2,1-3H3,(H,29,33)(H,30,32)/t16-/m0/s1. The number of piperidine rings is 1. The number of amides is 2. The van der Waals surface area contributed by atoms with E-state index in [9.17, 15) is 35.9 Å². The molecule has 0 radical (unpaired) electrons. The first-order chi connectivity index (χ1) is 15.0. The van der Waals surface area contributed by atoms with Gasteiger partial charge >= 0.3 is 12.4 Å². The number of benzene rings is 1. The fraction of sp³-hybridized carbons (Fsp3) is 0.636. The van der Waals surface area contributed by atoms with E-state index in [4.69, 9.17) is 0 Å². The molecule has 33 heavy (non-hydrogen) atoms. The lowest BCUT2D eigenvalue weighted by atomic mass is 9.90. The Morgan fingerprint density at radius 2 is 1.48 bits per heavy atom. The van der Waals surface area contributed by atoms with Crippen molar-refractivity contribution in [3.8, 4) is 0 Å². The van der Waals surface area contributed by atoms with Crippen LogP contribution in [0.1, 0.15) is 51.2 Å². The van der Waals surface area contributed by atoms with E-state index in [0.29, 0.717) is 44.5 Å². The first kappa shape index (κ1) is 25.3. The van der Waals surface area contributed by atoms with Crippen molar-refractivity contribution in [3.05, 3.63) is 29.3 Å². The van der Waals surface area contributed by atoms with Gasteiger partial charge in [-0.1, -0.05) is 0 Å². The van der Waals surface area contributed by atoms with Gasteiger partial charge in [-0.3, -0.25) is 14.5 Å². The van der Waals surface area contributed by atoms with Gasteiger partial charge in [0.2, 0.25) is 11.8 Å². The summed E-state index contributed by atoms with van der Waals surface area (Å²) < 4.78 is 78.2. The number of nitrogens with one attached hydrogen (secondary N) is 2. The minimum Gasteiger partial charge on any atom is -0.350 e. The minimum absolute atomic E-state index is 0.0276. The van der Waals surface area contributed by atoms with E-state index in [1.54, 1.807) is 0 Å². The van der Waals surface area contributed by atoms with Gasteiger partial charge in [-0.25, -0.2) is 0 Å². The first-order valence-electron chi connectivity index (χ1n) is 10.6. The number of rotatable bonds is 4. The second-order valence-corrected chi connectivity index (χ2v) is 9.98. The summed E-state index contributed by atoms with van der Waals surface area (Å²) in [5.41, 5.74) is -4.14. The molecule has 0 unspecified atom stereocenters. The highest BCUT2D eigenvalue weighted by Crippen LogP contribution is 2.59. The SMILES string of the molecule is CC(C)(C)NC(=O)CN1CCC2(CC1)C[C@H]2C(=O)Nc1cc(C(F)(F)F)cc(C(F)(F)F)c1. The van der Waals surface area contributed by atoms with E-state index in [1.807, 2.05) is 25.7 Å². The Labute approximate surface area is 187 Å². The molecular formula is C22H27F6N3O2. The van der Waals surface area contributed by atoms with Crippen LogP contribution in [0.15, 0.2) is 18.2 Å². The van der Waals surface area contributed by atoms with Crippen LogP contribution in [-0.2, 0) is 21.9 Å². The maximum atomic E-state index is 13.0. The van der Waals surface area contributed by atoms with Crippen molar-refractivity contribution in [3.63, 3.8) is 0 Å². The van der Waals surface area contributed by atoms with Crippen LogP contribution in [0.3, 0.4) is 0 Å². The van der Waals surface area contributed by atoms with Crippen molar-refractivity contribution >= 4 is 17.5 Å². The molecule has 1 aromatic carbocycles. The Kier molecular flexibility index (Phi) is 6.51. The second kappa shape index (κ2) is 8.48. The monoisotopic (exact) mass is 479 g/mol. The van der Waals surface area contributed by atoms with Crippen LogP contribution < -0.4 is 10.6 Å². The molecule has 1 saturated carbocycles. The topological polar surface area (TPSA) is 61.4 Å². The average Bonchev–Trinajstić information content (AvgIpc) is 3.34. The second-order valence-electron chi connectivity index (χ2n) is 9.98. The highest BCUT2D eigenvalue weighted by molar-refractivity contribution is 5.95. The van der Waals surface area contributed by atoms with Gasteiger partial charge in [0.1, 0.15) is 0 Å². The maximum Gasteiger partial charge on any atom is 0.416 e. The zero-order chi connectivity index (χ0) is 24.8. The van der Waals surface area contributed by atoms with Crippen LogP contribution in [0.4, 0.5) is 32.0 Å². The van der Waals surface area contributed by atoms with Crippen molar-refractivity contribution in [1.82, 2.24) is 10.2 Å². The van der Waals surface area contributed by atoms with Crippen molar-refractivity contribution in [2.45, 2.75) is 57.9 Å². The Morgan fingerprint density at radius 3 is 1.94 bits per heavy atom. The molecule has 0 aromatic heterocycles. The third kappa shape index (κ3) is 6.39. The largest absolute Gasteiger partial charge is 0.416 e. The van der Waals surface area contributed by atoms with Gasteiger partial charge in [0.05, 0.1) is 17.7 Å². The first-order valence-corrected chi connectivity index (χ1v) is 10.6. The lowest BCUT2D eigenvalue weighted by molar-refractivity contribution is -0.143. The smallest absolute Gasteiger partial charge is 0.350 e. The molecule has 1 saturated heterocycles. The van der Waals surface area contributed by atoms with Crippen molar-refractivity contribution in [1.29, 1.82) is 0 Å². The number of hydrogen-bond donors (Lipinski definition) is 2. The molecule has 1 aliphatic heterocycles. The normalized spacial score (nSPS) is 21.1. The number of carbonyl (C=O) groups is 2. The van der Waals surface area contributed by atoms with Crippen LogP contribution in [-0.4, -0.2) is 41.9 Å². The molecule has 5 nitrogen and oxygen atoms in total. The minimum atomic E-state index is -4.98. The molecule has 1 spiro atoms. The summed E-state index contributed by atoms with van der Waals surface area (Å²) >= 11 is 0. The predicted octanol–water partition coefficient (Wildman–Crippen LogP) is 4.68. The van der Waals surface area contributed by atoms with Crippen molar-refractivity contribution < 1.29 is 35.9 Å². The zero-order valence-electron chi connectivity index (χ0n) is 18.6. The summed E-state index contributed by atoms with van der Waals surface area (Å²) in [5, 5.41) is 5.14. The molecule has 2 fully saturated rings. The van der Waals surface area contributed by atoms with Gasteiger partial charge < -0.3 is 10.6 Å². The van der Waals surface area contributed by atoms with Crippen LogP contribution in [0.5, 0.6) is 0 Å². The molecule has 2 N–H and O–H groups in total. The van der Waals surface area contributed by atoms with Crippen LogP contribution >= 0.6 is 0 Å². The molecule has 1 aliphatic carbocycles. The summed E-state index contributed by atoms with van der Waals surface area (Å²) in [6.45, 7) is 7.05. The van der Waals surface area contributed by atoms with Gasteiger partial charge in [-0.05, 0) is 76.7 Å². The summed E-state index contributed by atoms with van der Waals surface area (Å²) in [4.78, 5) is 26.7. The van der Waals surface area contributed by atoms with E-state index >= 15 is 0 Å². The van der Waals surface area contributed by atoms with Gasteiger partial charge in [0.25, 0.3) is 0 Å². The Hall–Kier alpha value is -2.30. The molecule has 184 valence electrons. The van der Waals surface area contributed by atoms with Gasteiger partial charge in [0.15, 0.2) is 0 Å². The summed E-state index contributed by atoms with van der Waals surface area (Å²) in [7, 11) is 0. The summed E-state index contributed by atoms with van der Waals surface area (Å²) in [6, 6.07) is 1.05. The molecule has 0 bridgehead atoms. The van der Waals surface area contributed by atoms with E-state index in [-0.39, 0.29) is 29.5 Å². The Morgan fingerprint density at radius 1 is 0.970 bits per heavy atom. The van der Waals surface area contributed by atoms with Crippen molar-refractivity contribution in [2.24, 2.45) is 11.3 Å². The predicted molar refractivity (Wildman–Crippen MR) is 109 cm³/mol. The lowest BCUT2D eigenvalue weighted by Gasteiger charge is -2.33. The Balaban J connectivity index is 1.61. The fourth-order valence-electron chi connectivity index (χ4n) is 4.34. The Bertz CT molecular complexity index is 880. The molecule has 2 aliphatic rings. The summed E-state index contributed by atoms with van der Waals surface area (Å²) in [5.74, 6) is -1.16. The van der Waals surface area contributed by atoms with E-state index in [1.165, 1.54) is 0 Å². The zero-order valence-corrected chi connectivity index (χ0v) is 18.6. The van der Waals surface area contributed by atoms with E-state index in [0.717, 1.165) is 0 Å².